The van der Waals surface area contributed by atoms with Crippen molar-refractivity contribution in [2.75, 3.05) is 6.54 Å². The van der Waals surface area contributed by atoms with Gasteiger partial charge in [0.25, 0.3) is 0 Å². The van der Waals surface area contributed by atoms with Crippen molar-refractivity contribution in [3.63, 3.8) is 0 Å². The Kier molecular flexibility index (Phi) is 5.93. The molecule has 1 aromatic rings. The fraction of sp³-hybridized carbons (Fsp3) is 0.571. The second-order valence-corrected chi connectivity index (χ2v) is 4.90. The van der Waals surface area contributed by atoms with Crippen LogP contribution in [0.3, 0.4) is 0 Å². The van der Waals surface area contributed by atoms with Gasteiger partial charge in [-0.05, 0) is 31.0 Å². The smallest absolute Gasteiger partial charge is 0.129 e. The van der Waals surface area contributed by atoms with Crippen LogP contribution in [0.4, 0.5) is 4.39 Å². The van der Waals surface area contributed by atoms with E-state index in [-0.39, 0.29) is 11.9 Å². The molecule has 0 saturated carbocycles. The molecule has 1 rings (SSSR count). The molecule has 0 aliphatic carbocycles. The first kappa shape index (κ1) is 14.5. The van der Waals surface area contributed by atoms with E-state index in [0.29, 0.717) is 10.9 Å². The average Bonchev–Trinajstić information content (AvgIpc) is 2.27. The maximum atomic E-state index is 13.9. The zero-order chi connectivity index (χ0) is 12.8. The first-order valence-electron chi connectivity index (χ1n) is 6.28. The van der Waals surface area contributed by atoms with Crippen LogP contribution in [0.15, 0.2) is 18.2 Å². The largest absolute Gasteiger partial charge is 0.310 e. The van der Waals surface area contributed by atoms with Crippen LogP contribution >= 0.6 is 11.6 Å². The SMILES string of the molecule is CCCC(C)C(NCC)c1ccc(Cl)cc1F. The number of nitrogens with one attached hydrogen (secondary N) is 1. The van der Waals surface area contributed by atoms with Crippen molar-refractivity contribution >= 4 is 11.6 Å². The van der Waals surface area contributed by atoms with Crippen molar-refractivity contribution in [2.24, 2.45) is 5.92 Å². The Balaban J connectivity index is 2.96. The molecule has 0 aromatic heterocycles. The lowest BCUT2D eigenvalue weighted by molar-refractivity contribution is 0.359. The summed E-state index contributed by atoms with van der Waals surface area (Å²) in [6.45, 7) is 7.18. The maximum absolute atomic E-state index is 13.9. The summed E-state index contributed by atoms with van der Waals surface area (Å²) in [7, 11) is 0. The van der Waals surface area contributed by atoms with Crippen molar-refractivity contribution in [3.8, 4) is 0 Å². The van der Waals surface area contributed by atoms with E-state index in [1.165, 1.54) is 6.07 Å². The van der Waals surface area contributed by atoms with Gasteiger partial charge >= 0.3 is 0 Å². The molecule has 1 N–H and O–H groups in total. The maximum Gasteiger partial charge on any atom is 0.129 e. The number of hydrogen-bond donors (Lipinski definition) is 1. The fourth-order valence-corrected chi connectivity index (χ4v) is 2.37. The Morgan fingerprint density at radius 2 is 2.06 bits per heavy atom. The third kappa shape index (κ3) is 3.97. The second kappa shape index (κ2) is 6.97. The molecule has 3 heteroatoms. The molecule has 0 heterocycles. The average molecular weight is 258 g/mol. The molecule has 0 spiro atoms. The van der Waals surface area contributed by atoms with Crippen molar-refractivity contribution in [2.45, 2.75) is 39.7 Å². The van der Waals surface area contributed by atoms with Crippen LogP contribution in [0.1, 0.15) is 45.2 Å². The highest BCUT2D eigenvalue weighted by atomic mass is 35.5. The molecule has 0 amide bonds. The van der Waals surface area contributed by atoms with Crippen molar-refractivity contribution in [1.82, 2.24) is 5.32 Å². The summed E-state index contributed by atoms with van der Waals surface area (Å²) in [5, 5.41) is 3.81. The zero-order valence-electron chi connectivity index (χ0n) is 10.8. The van der Waals surface area contributed by atoms with E-state index in [1.807, 2.05) is 6.92 Å². The predicted octanol–water partition coefficient (Wildman–Crippen LogP) is 4.57. The molecule has 1 nitrogen and oxygen atoms in total. The zero-order valence-corrected chi connectivity index (χ0v) is 11.5. The summed E-state index contributed by atoms with van der Waals surface area (Å²) in [6, 6.07) is 5.00. The molecule has 0 aliphatic rings. The van der Waals surface area contributed by atoms with Crippen LogP contribution in [0.5, 0.6) is 0 Å². The molecule has 1 aromatic carbocycles. The lowest BCUT2D eigenvalue weighted by Crippen LogP contribution is -2.27. The quantitative estimate of drug-likeness (QED) is 0.787. The van der Waals surface area contributed by atoms with E-state index in [0.717, 1.165) is 24.9 Å². The molecule has 17 heavy (non-hydrogen) atoms. The van der Waals surface area contributed by atoms with Gasteiger partial charge in [-0.2, -0.15) is 0 Å². The number of rotatable bonds is 6. The van der Waals surface area contributed by atoms with Gasteiger partial charge < -0.3 is 5.32 Å². The monoisotopic (exact) mass is 257 g/mol. The summed E-state index contributed by atoms with van der Waals surface area (Å²) >= 11 is 5.78. The van der Waals surface area contributed by atoms with E-state index in [1.54, 1.807) is 12.1 Å². The van der Waals surface area contributed by atoms with Gasteiger partial charge in [0.05, 0.1) is 0 Å². The Labute approximate surface area is 108 Å². The predicted molar refractivity (Wildman–Crippen MR) is 71.9 cm³/mol. The van der Waals surface area contributed by atoms with Gasteiger partial charge in [0, 0.05) is 16.6 Å². The van der Waals surface area contributed by atoms with Gasteiger partial charge in [-0.15, -0.1) is 0 Å². The van der Waals surface area contributed by atoms with Gasteiger partial charge in [-0.1, -0.05) is 44.9 Å². The lowest BCUT2D eigenvalue weighted by Gasteiger charge is -2.25. The molecule has 0 bridgehead atoms. The molecular formula is C14H21ClFN. The van der Waals surface area contributed by atoms with Gasteiger partial charge in [0.2, 0.25) is 0 Å². The van der Waals surface area contributed by atoms with Crippen LogP contribution in [0.2, 0.25) is 5.02 Å². The Hall–Kier alpha value is -0.600. The molecular weight excluding hydrogens is 237 g/mol. The highest BCUT2D eigenvalue weighted by Gasteiger charge is 2.20. The highest BCUT2D eigenvalue weighted by molar-refractivity contribution is 6.30. The number of halogens is 2. The standard InChI is InChI=1S/C14H21ClFN/c1-4-6-10(3)14(17-5-2)12-8-7-11(15)9-13(12)16/h7-10,14,17H,4-6H2,1-3H3. The van der Waals surface area contributed by atoms with Crippen LogP contribution in [-0.4, -0.2) is 6.54 Å². The fourth-order valence-electron chi connectivity index (χ4n) is 2.21. The highest BCUT2D eigenvalue weighted by Crippen LogP contribution is 2.28. The molecule has 0 saturated heterocycles. The van der Waals surface area contributed by atoms with Crippen LogP contribution in [0, 0.1) is 11.7 Å². The minimum Gasteiger partial charge on any atom is -0.310 e. The topological polar surface area (TPSA) is 12.0 Å². The minimum absolute atomic E-state index is 0.0669. The van der Waals surface area contributed by atoms with E-state index >= 15 is 0 Å². The van der Waals surface area contributed by atoms with E-state index in [2.05, 4.69) is 19.2 Å². The summed E-state index contributed by atoms with van der Waals surface area (Å²) < 4.78 is 13.9. The lowest BCUT2D eigenvalue weighted by atomic mass is 9.90. The third-order valence-electron chi connectivity index (χ3n) is 3.03. The van der Waals surface area contributed by atoms with Gasteiger partial charge in [-0.25, -0.2) is 4.39 Å². The van der Waals surface area contributed by atoms with Gasteiger partial charge in [0.1, 0.15) is 5.82 Å². The molecule has 96 valence electrons. The molecule has 2 unspecified atom stereocenters. The first-order valence-corrected chi connectivity index (χ1v) is 6.66. The van der Waals surface area contributed by atoms with Crippen LogP contribution in [0.25, 0.3) is 0 Å². The Morgan fingerprint density at radius 3 is 2.59 bits per heavy atom. The number of hydrogen-bond acceptors (Lipinski definition) is 1. The Morgan fingerprint density at radius 1 is 1.35 bits per heavy atom. The van der Waals surface area contributed by atoms with Crippen LogP contribution < -0.4 is 5.32 Å². The second-order valence-electron chi connectivity index (χ2n) is 4.47. The number of benzene rings is 1. The van der Waals surface area contributed by atoms with Crippen LogP contribution in [-0.2, 0) is 0 Å². The molecule has 0 radical (unpaired) electrons. The Bertz CT molecular complexity index is 354. The van der Waals surface area contributed by atoms with E-state index in [9.17, 15) is 4.39 Å². The summed E-state index contributed by atoms with van der Waals surface area (Å²) in [6.07, 6.45) is 2.19. The minimum atomic E-state index is -0.216. The summed E-state index contributed by atoms with van der Waals surface area (Å²) in [5.41, 5.74) is 0.720. The molecule has 0 aliphatic heterocycles. The first-order chi connectivity index (χ1) is 8.10. The van der Waals surface area contributed by atoms with Crippen molar-refractivity contribution in [3.05, 3.63) is 34.6 Å². The van der Waals surface area contributed by atoms with Gasteiger partial charge in [-0.3, -0.25) is 0 Å². The normalized spacial score (nSPS) is 14.6. The summed E-state index contributed by atoms with van der Waals surface area (Å²) in [4.78, 5) is 0. The third-order valence-corrected chi connectivity index (χ3v) is 3.27. The van der Waals surface area contributed by atoms with E-state index in [4.69, 9.17) is 11.6 Å². The molecule has 2 atom stereocenters. The summed E-state index contributed by atoms with van der Waals surface area (Å²) in [5.74, 6) is 0.196. The van der Waals surface area contributed by atoms with Crippen molar-refractivity contribution in [1.29, 1.82) is 0 Å². The molecule has 0 fully saturated rings. The van der Waals surface area contributed by atoms with Crippen molar-refractivity contribution < 1.29 is 4.39 Å². The van der Waals surface area contributed by atoms with Gasteiger partial charge in [0.15, 0.2) is 0 Å². The van der Waals surface area contributed by atoms with E-state index < -0.39 is 0 Å².